The van der Waals surface area contributed by atoms with Crippen molar-refractivity contribution in [2.75, 3.05) is 13.1 Å². The standard InChI is InChI=1S/C27H29FN6O2/c1-27(2,3)32-26(35)17-6-8-21(28)19(12-17)16-7-9-22-20(11-16)25(34-33-22)23-14-30-15-24(31-23)36-18-5-4-10-29-13-18/h6-9,11-12,14-15,18,29H,4-5,10,13H2,1-3H3,(H,32,35)(H,33,34). The summed E-state index contributed by atoms with van der Waals surface area (Å²) >= 11 is 0. The number of rotatable bonds is 5. The van der Waals surface area contributed by atoms with Crippen molar-refractivity contribution in [1.29, 1.82) is 0 Å². The van der Waals surface area contributed by atoms with Crippen LogP contribution in [-0.4, -0.2) is 50.8 Å². The summed E-state index contributed by atoms with van der Waals surface area (Å²) in [6.45, 7) is 7.48. The SMILES string of the molecule is CC(C)(C)NC(=O)c1ccc(F)c(-c2ccc3[nH]nc(-c4cncc(OC5CCCNC5)n4)c3c2)c1. The average Bonchev–Trinajstić information content (AvgIpc) is 3.27. The Morgan fingerprint density at radius 3 is 2.81 bits per heavy atom. The van der Waals surface area contributed by atoms with Gasteiger partial charge in [0, 0.05) is 28.6 Å². The van der Waals surface area contributed by atoms with Crippen LogP contribution in [0.3, 0.4) is 0 Å². The molecule has 186 valence electrons. The maximum Gasteiger partial charge on any atom is 0.251 e. The van der Waals surface area contributed by atoms with Crippen LogP contribution in [0.1, 0.15) is 44.0 Å². The normalized spacial score (nSPS) is 16.2. The molecule has 0 saturated carbocycles. The minimum atomic E-state index is -0.414. The molecule has 9 heteroatoms. The number of ether oxygens (including phenoxy) is 1. The van der Waals surface area contributed by atoms with E-state index in [0.29, 0.717) is 34.0 Å². The summed E-state index contributed by atoms with van der Waals surface area (Å²) in [5.41, 5.74) is 2.87. The van der Waals surface area contributed by atoms with Crippen LogP contribution in [-0.2, 0) is 0 Å². The van der Waals surface area contributed by atoms with E-state index in [4.69, 9.17) is 4.74 Å². The molecule has 1 aliphatic heterocycles. The molecule has 3 N–H and O–H groups in total. The Morgan fingerprint density at radius 2 is 2.03 bits per heavy atom. The van der Waals surface area contributed by atoms with Gasteiger partial charge in [0.25, 0.3) is 5.91 Å². The first-order valence-electron chi connectivity index (χ1n) is 12.1. The summed E-state index contributed by atoms with van der Waals surface area (Å²) in [7, 11) is 0. The monoisotopic (exact) mass is 488 g/mol. The van der Waals surface area contributed by atoms with Crippen molar-refractivity contribution in [3.8, 4) is 28.4 Å². The summed E-state index contributed by atoms with van der Waals surface area (Å²) in [6, 6.07) is 9.87. The van der Waals surface area contributed by atoms with Crippen molar-refractivity contribution in [3.05, 3.63) is 60.2 Å². The lowest BCUT2D eigenvalue weighted by Gasteiger charge is -2.23. The third-order valence-corrected chi connectivity index (χ3v) is 5.99. The topological polar surface area (TPSA) is 105 Å². The second kappa shape index (κ2) is 9.66. The highest BCUT2D eigenvalue weighted by Gasteiger charge is 2.19. The molecule has 0 aliphatic carbocycles. The van der Waals surface area contributed by atoms with E-state index in [1.54, 1.807) is 24.5 Å². The summed E-state index contributed by atoms with van der Waals surface area (Å²) in [5, 5.41) is 14.5. The number of aromatic nitrogens is 4. The molecule has 8 nitrogen and oxygen atoms in total. The van der Waals surface area contributed by atoms with Gasteiger partial charge < -0.3 is 15.4 Å². The minimum absolute atomic E-state index is 0.0524. The first kappa shape index (κ1) is 23.9. The highest BCUT2D eigenvalue weighted by Crippen LogP contribution is 2.32. The van der Waals surface area contributed by atoms with E-state index in [9.17, 15) is 9.18 Å². The molecule has 3 heterocycles. The van der Waals surface area contributed by atoms with Crippen molar-refractivity contribution < 1.29 is 13.9 Å². The Balaban J connectivity index is 1.48. The molecule has 4 aromatic rings. The number of nitrogens with zero attached hydrogens (tertiary/aromatic N) is 3. The molecule has 1 fully saturated rings. The predicted molar refractivity (Wildman–Crippen MR) is 136 cm³/mol. The number of amides is 1. The van der Waals surface area contributed by atoms with Gasteiger partial charge in [0.2, 0.25) is 5.88 Å². The van der Waals surface area contributed by atoms with Crippen LogP contribution in [0, 0.1) is 5.82 Å². The quantitative estimate of drug-likeness (QED) is 0.383. The number of piperidine rings is 1. The fourth-order valence-electron chi connectivity index (χ4n) is 4.29. The summed E-state index contributed by atoms with van der Waals surface area (Å²) in [5.74, 6) is -0.228. The van der Waals surface area contributed by atoms with Gasteiger partial charge in [-0.15, -0.1) is 0 Å². The third kappa shape index (κ3) is 5.21. The van der Waals surface area contributed by atoms with Crippen molar-refractivity contribution in [3.63, 3.8) is 0 Å². The zero-order valence-corrected chi connectivity index (χ0v) is 20.6. The number of nitrogens with one attached hydrogen (secondary N) is 3. The highest BCUT2D eigenvalue weighted by atomic mass is 19.1. The lowest BCUT2D eigenvalue weighted by atomic mass is 9.99. The number of fused-ring (bicyclic) bond motifs is 1. The number of hydrogen-bond acceptors (Lipinski definition) is 6. The third-order valence-electron chi connectivity index (χ3n) is 5.99. The molecule has 0 radical (unpaired) electrons. The Kier molecular flexibility index (Phi) is 6.40. The van der Waals surface area contributed by atoms with E-state index in [-0.39, 0.29) is 12.0 Å². The van der Waals surface area contributed by atoms with Crippen molar-refractivity contribution in [2.45, 2.75) is 45.3 Å². The molecule has 5 rings (SSSR count). The molecule has 36 heavy (non-hydrogen) atoms. The lowest BCUT2D eigenvalue weighted by Crippen LogP contribution is -2.40. The van der Waals surface area contributed by atoms with Crippen molar-refractivity contribution in [1.82, 2.24) is 30.8 Å². The number of carbonyl (C=O) groups excluding carboxylic acids is 1. The van der Waals surface area contributed by atoms with Gasteiger partial charge in [-0.2, -0.15) is 5.10 Å². The van der Waals surface area contributed by atoms with Crippen LogP contribution in [0.2, 0.25) is 0 Å². The molecular formula is C27H29FN6O2. The molecule has 1 amide bonds. The number of halogens is 1. The zero-order valence-electron chi connectivity index (χ0n) is 20.6. The van der Waals surface area contributed by atoms with Gasteiger partial charge in [-0.25, -0.2) is 9.37 Å². The fourth-order valence-corrected chi connectivity index (χ4v) is 4.29. The summed E-state index contributed by atoms with van der Waals surface area (Å²) in [6.07, 6.45) is 5.30. The van der Waals surface area contributed by atoms with Crippen LogP contribution in [0.5, 0.6) is 5.88 Å². The van der Waals surface area contributed by atoms with Crippen LogP contribution in [0.25, 0.3) is 33.4 Å². The molecule has 0 spiro atoms. The van der Waals surface area contributed by atoms with E-state index in [2.05, 4.69) is 30.8 Å². The van der Waals surface area contributed by atoms with Crippen molar-refractivity contribution in [2.24, 2.45) is 0 Å². The van der Waals surface area contributed by atoms with Gasteiger partial charge in [0.1, 0.15) is 23.3 Å². The van der Waals surface area contributed by atoms with Gasteiger partial charge >= 0.3 is 0 Å². The molecule has 2 aromatic heterocycles. The maximum atomic E-state index is 14.9. The van der Waals surface area contributed by atoms with Crippen LogP contribution in [0.15, 0.2) is 48.8 Å². The Bertz CT molecular complexity index is 1410. The van der Waals surface area contributed by atoms with Gasteiger partial charge in [-0.1, -0.05) is 6.07 Å². The van der Waals surface area contributed by atoms with Gasteiger partial charge in [0.05, 0.1) is 17.9 Å². The average molecular weight is 489 g/mol. The second-order valence-corrected chi connectivity index (χ2v) is 10.1. The molecule has 0 bridgehead atoms. The number of benzene rings is 2. The minimum Gasteiger partial charge on any atom is -0.472 e. The smallest absolute Gasteiger partial charge is 0.251 e. The maximum absolute atomic E-state index is 14.9. The molecule has 1 saturated heterocycles. The lowest BCUT2D eigenvalue weighted by molar-refractivity contribution is 0.0919. The second-order valence-electron chi connectivity index (χ2n) is 10.1. The summed E-state index contributed by atoms with van der Waals surface area (Å²) < 4.78 is 20.9. The first-order valence-corrected chi connectivity index (χ1v) is 12.1. The van der Waals surface area contributed by atoms with Crippen molar-refractivity contribution >= 4 is 16.8 Å². The van der Waals surface area contributed by atoms with E-state index in [1.807, 2.05) is 32.9 Å². The van der Waals surface area contributed by atoms with Crippen LogP contribution < -0.4 is 15.4 Å². The predicted octanol–water partition coefficient (Wildman–Crippen LogP) is 4.49. The van der Waals surface area contributed by atoms with Gasteiger partial charge in [-0.05, 0) is 76.1 Å². The number of hydrogen-bond donors (Lipinski definition) is 3. The molecule has 1 atom stereocenters. The van der Waals surface area contributed by atoms with E-state index in [0.717, 1.165) is 36.8 Å². The molecule has 1 aliphatic rings. The Morgan fingerprint density at radius 1 is 1.17 bits per heavy atom. The van der Waals surface area contributed by atoms with Crippen LogP contribution in [0.4, 0.5) is 4.39 Å². The van der Waals surface area contributed by atoms with E-state index >= 15 is 0 Å². The Labute approximate surface area is 208 Å². The highest BCUT2D eigenvalue weighted by molar-refractivity contribution is 5.97. The number of carbonyl (C=O) groups is 1. The van der Waals surface area contributed by atoms with Gasteiger partial charge in [0.15, 0.2) is 0 Å². The first-order chi connectivity index (χ1) is 17.3. The summed E-state index contributed by atoms with van der Waals surface area (Å²) in [4.78, 5) is 21.6. The van der Waals surface area contributed by atoms with Gasteiger partial charge in [-0.3, -0.25) is 14.9 Å². The largest absolute Gasteiger partial charge is 0.472 e. The zero-order chi connectivity index (χ0) is 25.3. The molecule has 2 aromatic carbocycles. The number of H-pyrrole nitrogens is 1. The van der Waals surface area contributed by atoms with Crippen LogP contribution >= 0.6 is 0 Å². The fraction of sp³-hybridized carbons (Fsp3) is 0.333. The van der Waals surface area contributed by atoms with E-state index < -0.39 is 11.4 Å². The van der Waals surface area contributed by atoms with E-state index in [1.165, 1.54) is 12.1 Å². The molecular weight excluding hydrogens is 459 g/mol. The Hall–Kier alpha value is -3.85. The molecule has 1 unspecified atom stereocenters. The number of aromatic amines is 1.